The highest BCUT2D eigenvalue weighted by Crippen LogP contribution is 1.84. The zero-order valence-corrected chi connectivity index (χ0v) is 5.24. The summed E-state index contributed by atoms with van der Waals surface area (Å²) in [6, 6.07) is 0. The molecule has 0 aromatic rings. The fourth-order valence-corrected chi connectivity index (χ4v) is 0.425. The van der Waals surface area contributed by atoms with Crippen molar-refractivity contribution < 1.29 is 34.6 Å². The Morgan fingerprint density at radius 1 is 1.56 bits per heavy atom. The molecular formula is C3H7ClO5. The van der Waals surface area contributed by atoms with E-state index in [9.17, 15) is 9.32 Å². The van der Waals surface area contributed by atoms with Gasteiger partial charge in [-0.05, 0) is 0 Å². The van der Waals surface area contributed by atoms with E-state index in [2.05, 4.69) is 4.29 Å². The van der Waals surface area contributed by atoms with Gasteiger partial charge in [-0.1, -0.05) is 0 Å². The monoisotopic (exact) mass is 158 g/mol. The zero-order chi connectivity index (χ0) is 7.28. The summed E-state index contributed by atoms with van der Waals surface area (Å²) in [5.74, 6) is 0. The third kappa shape index (κ3) is 5.97. The van der Waals surface area contributed by atoms with Gasteiger partial charge >= 0.3 is 0 Å². The van der Waals surface area contributed by atoms with Gasteiger partial charge in [0, 0.05) is 4.29 Å². The largest absolute Gasteiger partial charge is 0.394 e. The van der Waals surface area contributed by atoms with Crippen LogP contribution in [0.2, 0.25) is 0 Å². The van der Waals surface area contributed by atoms with Crippen LogP contribution in [0.15, 0.2) is 0 Å². The molecule has 0 rings (SSSR count). The summed E-state index contributed by atoms with van der Waals surface area (Å²) < 4.78 is 23.0. The van der Waals surface area contributed by atoms with Gasteiger partial charge in [0.2, 0.25) is 0 Å². The van der Waals surface area contributed by atoms with Gasteiger partial charge in [0.1, 0.15) is 6.10 Å². The molecule has 0 spiro atoms. The Labute approximate surface area is 54.9 Å². The highest BCUT2D eigenvalue weighted by Gasteiger charge is 2.12. The minimum atomic E-state index is -2.31. The third-order valence-electron chi connectivity index (χ3n) is 0.555. The Bertz CT molecular complexity index is 67.2. The van der Waals surface area contributed by atoms with Crippen molar-refractivity contribution in [2.24, 2.45) is 0 Å². The lowest BCUT2D eigenvalue weighted by Gasteiger charge is -1.99. The highest BCUT2D eigenvalue weighted by molar-refractivity contribution is 4.45. The Morgan fingerprint density at radius 2 is 2.11 bits per heavy atom. The Morgan fingerprint density at radius 3 is 2.44 bits per heavy atom. The average Bonchev–Trinajstić information content (AvgIpc) is 1.83. The van der Waals surface area contributed by atoms with Gasteiger partial charge in [-0.3, -0.25) is 0 Å². The van der Waals surface area contributed by atoms with Crippen LogP contribution in [0.3, 0.4) is 0 Å². The SMILES string of the molecule is [O-][Cl+2]([O-])OCC(O)CO. The van der Waals surface area contributed by atoms with E-state index < -0.39 is 30.1 Å². The lowest BCUT2D eigenvalue weighted by atomic mass is 10.4. The Balaban J connectivity index is 3.06. The quantitative estimate of drug-likeness (QED) is 0.442. The van der Waals surface area contributed by atoms with E-state index in [1.807, 2.05) is 0 Å². The molecule has 0 aliphatic heterocycles. The van der Waals surface area contributed by atoms with Crippen molar-refractivity contribution in [2.75, 3.05) is 13.2 Å². The maximum atomic E-state index is 9.57. The molecule has 1 atom stereocenters. The van der Waals surface area contributed by atoms with Crippen molar-refractivity contribution in [3.63, 3.8) is 0 Å². The molecule has 1 unspecified atom stereocenters. The second-order valence-corrected chi connectivity index (χ2v) is 1.90. The summed E-state index contributed by atoms with van der Waals surface area (Å²) in [4.78, 5) is 0. The van der Waals surface area contributed by atoms with Crippen LogP contribution >= 0.6 is 0 Å². The summed E-state index contributed by atoms with van der Waals surface area (Å²) in [6.07, 6.45) is -1.13. The van der Waals surface area contributed by atoms with E-state index in [-0.39, 0.29) is 0 Å². The zero-order valence-electron chi connectivity index (χ0n) is 4.49. The van der Waals surface area contributed by atoms with Gasteiger partial charge in [0.25, 0.3) is 10.8 Å². The number of halogens is 1. The maximum Gasteiger partial charge on any atom is 0.285 e. The van der Waals surface area contributed by atoms with Gasteiger partial charge in [0.15, 0.2) is 6.61 Å². The van der Waals surface area contributed by atoms with Crippen LogP contribution in [0.25, 0.3) is 0 Å². The van der Waals surface area contributed by atoms with Crippen LogP contribution in [0.1, 0.15) is 0 Å². The van der Waals surface area contributed by atoms with E-state index in [0.29, 0.717) is 0 Å². The summed E-state index contributed by atoms with van der Waals surface area (Å²) in [6.45, 7) is -0.921. The molecule has 6 heteroatoms. The van der Waals surface area contributed by atoms with Crippen molar-refractivity contribution in [1.29, 1.82) is 0 Å². The Kier molecular flexibility index (Phi) is 4.97. The summed E-state index contributed by atoms with van der Waals surface area (Å²) in [7, 11) is -2.31. The molecule has 0 saturated heterocycles. The first kappa shape index (κ1) is 9.09. The first-order chi connectivity index (χ1) is 4.16. The average molecular weight is 159 g/mol. The van der Waals surface area contributed by atoms with Crippen LogP contribution in [-0.2, 0) is 4.29 Å². The number of hydrogen-bond acceptors (Lipinski definition) is 5. The van der Waals surface area contributed by atoms with Gasteiger partial charge in [-0.15, -0.1) is 0 Å². The number of aliphatic hydroxyl groups is 2. The molecule has 0 aromatic heterocycles. The predicted octanol–water partition coefficient (Wildman–Crippen LogP) is -3.56. The van der Waals surface area contributed by atoms with E-state index >= 15 is 0 Å². The maximum absolute atomic E-state index is 9.57. The second-order valence-electron chi connectivity index (χ2n) is 1.30. The van der Waals surface area contributed by atoms with Gasteiger partial charge in [-0.2, -0.15) is 0 Å². The van der Waals surface area contributed by atoms with Crippen LogP contribution < -0.4 is 9.32 Å². The van der Waals surface area contributed by atoms with Crippen LogP contribution in [0, 0.1) is 10.8 Å². The molecule has 0 bridgehead atoms. The highest BCUT2D eigenvalue weighted by atomic mass is 35.6. The second kappa shape index (κ2) is 4.92. The summed E-state index contributed by atoms with van der Waals surface area (Å²) >= 11 is 0. The molecule has 0 saturated carbocycles. The first-order valence-corrected chi connectivity index (χ1v) is 3.07. The van der Waals surface area contributed by atoms with Crippen molar-refractivity contribution in [3.05, 3.63) is 0 Å². The molecule has 0 aromatic carbocycles. The number of hydrogen-bond donors (Lipinski definition) is 2. The fraction of sp³-hybridized carbons (Fsp3) is 1.00. The van der Waals surface area contributed by atoms with E-state index in [1.54, 1.807) is 0 Å². The van der Waals surface area contributed by atoms with Crippen LogP contribution in [0.4, 0.5) is 0 Å². The summed E-state index contributed by atoms with van der Waals surface area (Å²) in [5.41, 5.74) is 0. The van der Waals surface area contributed by atoms with Crippen molar-refractivity contribution >= 4 is 0 Å². The molecule has 0 fully saturated rings. The third-order valence-corrected chi connectivity index (χ3v) is 0.859. The van der Waals surface area contributed by atoms with Crippen LogP contribution in [0.5, 0.6) is 0 Å². The first-order valence-electron chi connectivity index (χ1n) is 2.14. The Hall–Kier alpha value is 0.0900. The lowest BCUT2D eigenvalue weighted by Crippen LogP contribution is -2.37. The molecule has 0 heterocycles. The molecule has 5 nitrogen and oxygen atoms in total. The lowest BCUT2D eigenvalue weighted by molar-refractivity contribution is -1.63. The number of rotatable bonds is 4. The van der Waals surface area contributed by atoms with Crippen molar-refractivity contribution in [1.82, 2.24) is 0 Å². The molecule has 0 radical (unpaired) electrons. The normalized spacial score (nSPS) is 14.3. The van der Waals surface area contributed by atoms with E-state index in [1.165, 1.54) is 0 Å². The van der Waals surface area contributed by atoms with E-state index in [4.69, 9.17) is 10.2 Å². The van der Waals surface area contributed by atoms with Gasteiger partial charge in [0.05, 0.1) is 6.61 Å². The smallest absolute Gasteiger partial charge is 0.285 e. The fourth-order valence-electron chi connectivity index (χ4n) is 0.177. The predicted molar refractivity (Wildman–Crippen MR) is 19.0 cm³/mol. The molecule has 0 aliphatic carbocycles. The topological polar surface area (TPSA) is 95.8 Å². The van der Waals surface area contributed by atoms with E-state index in [0.717, 1.165) is 0 Å². The van der Waals surface area contributed by atoms with Gasteiger partial charge in [-0.25, -0.2) is 0 Å². The standard InChI is InChI=1S/C3H7ClO5/c5-1-3(6)2-9-4(7)8/h3,5-6H,1-2H2. The molecule has 0 amide bonds. The molecule has 0 aliphatic rings. The van der Waals surface area contributed by atoms with Crippen LogP contribution in [-0.4, -0.2) is 29.5 Å². The number of aliphatic hydroxyl groups excluding tert-OH is 2. The van der Waals surface area contributed by atoms with Crippen molar-refractivity contribution in [3.8, 4) is 0 Å². The molecule has 56 valence electrons. The molecule has 2 N–H and O–H groups in total. The van der Waals surface area contributed by atoms with Crippen molar-refractivity contribution in [2.45, 2.75) is 6.10 Å². The minimum absolute atomic E-state index is 0.413. The van der Waals surface area contributed by atoms with Gasteiger partial charge < -0.3 is 19.5 Å². The minimum Gasteiger partial charge on any atom is -0.394 e. The summed E-state index contributed by atoms with van der Waals surface area (Å²) in [5, 5.41) is 16.6. The molecule has 9 heavy (non-hydrogen) atoms. The molecular weight excluding hydrogens is 151 g/mol.